The highest BCUT2D eigenvalue weighted by atomic mass is 16.6. The van der Waals surface area contributed by atoms with Crippen LogP contribution in [0.25, 0.3) is 5.69 Å². The first kappa shape index (κ1) is 21.8. The molecule has 4 N–H and O–H groups in total. The van der Waals surface area contributed by atoms with Gasteiger partial charge in [0.1, 0.15) is 0 Å². The van der Waals surface area contributed by atoms with Crippen molar-refractivity contribution in [1.82, 2.24) is 19.7 Å². The molecule has 0 atom stereocenters. The highest BCUT2D eigenvalue weighted by Gasteiger charge is 2.15. The minimum absolute atomic E-state index is 0.0972. The lowest BCUT2D eigenvalue weighted by atomic mass is 9.94. The molecule has 2 aromatic heterocycles. The summed E-state index contributed by atoms with van der Waals surface area (Å²) in [5.41, 5.74) is 7.95. The second kappa shape index (κ2) is 8.42. The van der Waals surface area contributed by atoms with Crippen molar-refractivity contribution in [3.05, 3.63) is 83.4 Å². The minimum Gasteiger partial charge on any atom is -0.384 e. The number of aromatic nitrogens is 4. The zero-order valence-electron chi connectivity index (χ0n) is 17.6. The molecule has 0 spiro atoms. The van der Waals surface area contributed by atoms with E-state index in [9.17, 15) is 19.2 Å². The number of benzene rings is 1. The van der Waals surface area contributed by atoms with Crippen molar-refractivity contribution in [2.45, 2.75) is 40.0 Å². The number of aryl methyl sites for hydroxylation is 2. The van der Waals surface area contributed by atoms with E-state index in [1.807, 2.05) is 38.7 Å². The Labute approximate surface area is 176 Å². The highest BCUT2D eigenvalue weighted by molar-refractivity contribution is 5.67. The SMILES string of the molecule is Cc1cc(-n2nc(OC(N)=O)c(=O)[nH]c2=O)cc(C)c1Cc1c[nH]c(=O)c(C(C)C)c1. The second-order valence-electron chi connectivity index (χ2n) is 7.58. The Balaban J connectivity index is 2.03. The van der Waals surface area contributed by atoms with Gasteiger partial charge in [0.05, 0.1) is 5.69 Å². The van der Waals surface area contributed by atoms with Crippen LogP contribution in [0, 0.1) is 13.8 Å². The van der Waals surface area contributed by atoms with E-state index in [2.05, 4.69) is 14.8 Å². The lowest BCUT2D eigenvalue weighted by Gasteiger charge is -2.14. The highest BCUT2D eigenvalue weighted by Crippen LogP contribution is 2.22. The summed E-state index contributed by atoms with van der Waals surface area (Å²) < 4.78 is 5.49. The third-order valence-electron chi connectivity index (χ3n) is 4.92. The number of rotatable bonds is 5. The number of nitrogens with two attached hydrogens (primary N) is 1. The molecule has 2 heterocycles. The summed E-state index contributed by atoms with van der Waals surface area (Å²) in [4.78, 5) is 51.8. The van der Waals surface area contributed by atoms with E-state index in [0.717, 1.165) is 32.5 Å². The molecule has 0 aliphatic carbocycles. The number of nitrogens with zero attached hydrogens (tertiary/aromatic N) is 2. The second-order valence-corrected chi connectivity index (χ2v) is 7.58. The zero-order valence-corrected chi connectivity index (χ0v) is 17.6. The van der Waals surface area contributed by atoms with Crippen molar-refractivity contribution in [2.75, 3.05) is 0 Å². The summed E-state index contributed by atoms with van der Waals surface area (Å²) in [6.07, 6.45) is 1.06. The molecule has 0 fully saturated rings. The van der Waals surface area contributed by atoms with Crippen LogP contribution in [0.4, 0.5) is 4.79 Å². The molecule has 0 unspecified atom stereocenters. The van der Waals surface area contributed by atoms with Gasteiger partial charge in [0.15, 0.2) is 0 Å². The first-order valence-corrected chi connectivity index (χ1v) is 9.59. The van der Waals surface area contributed by atoms with Gasteiger partial charge < -0.3 is 15.5 Å². The molecule has 0 radical (unpaired) electrons. The van der Waals surface area contributed by atoms with Crippen molar-refractivity contribution < 1.29 is 9.53 Å². The molecule has 1 amide bonds. The van der Waals surface area contributed by atoms with Gasteiger partial charge in [0.25, 0.3) is 5.56 Å². The van der Waals surface area contributed by atoms with Crippen LogP contribution in [0.15, 0.2) is 38.8 Å². The first-order valence-electron chi connectivity index (χ1n) is 9.59. The van der Waals surface area contributed by atoms with Gasteiger partial charge >= 0.3 is 23.2 Å². The smallest absolute Gasteiger partial charge is 0.384 e. The van der Waals surface area contributed by atoms with E-state index >= 15 is 0 Å². The Bertz CT molecular complexity index is 1310. The van der Waals surface area contributed by atoms with Crippen molar-refractivity contribution in [3.63, 3.8) is 0 Å². The molecule has 1 aromatic carbocycles. The molecular weight excluding hydrogens is 402 g/mol. The van der Waals surface area contributed by atoms with Gasteiger partial charge in [-0.15, -0.1) is 5.10 Å². The van der Waals surface area contributed by atoms with Crippen LogP contribution in [-0.4, -0.2) is 25.8 Å². The number of H-pyrrole nitrogens is 2. The van der Waals surface area contributed by atoms with Crippen molar-refractivity contribution in [1.29, 1.82) is 0 Å². The number of hydrogen-bond acceptors (Lipinski definition) is 6. The van der Waals surface area contributed by atoms with Crippen LogP contribution < -0.4 is 27.3 Å². The van der Waals surface area contributed by atoms with Crippen molar-refractivity contribution in [3.8, 4) is 11.6 Å². The lowest BCUT2D eigenvalue weighted by molar-refractivity contribution is 0.207. The topological polar surface area (TPSA) is 153 Å². The van der Waals surface area contributed by atoms with Crippen molar-refractivity contribution in [2.24, 2.45) is 5.73 Å². The molecular formula is C21H23N5O5. The average Bonchev–Trinajstić information content (AvgIpc) is 2.67. The fraction of sp³-hybridized carbons (Fsp3) is 0.286. The number of nitrogens with one attached hydrogen (secondary N) is 2. The third-order valence-corrected chi connectivity index (χ3v) is 4.92. The van der Waals surface area contributed by atoms with Crippen LogP contribution in [0.3, 0.4) is 0 Å². The molecule has 0 aliphatic rings. The molecule has 10 nitrogen and oxygen atoms in total. The molecule has 10 heteroatoms. The monoisotopic (exact) mass is 425 g/mol. The maximum atomic E-state index is 12.2. The van der Waals surface area contributed by atoms with E-state index in [4.69, 9.17) is 5.73 Å². The Morgan fingerprint density at radius 2 is 1.77 bits per heavy atom. The van der Waals surface area contributed by atoms with Gasteiger partial charge in [-0.25, -0.2) is 9.59 Å². The summed E-state index contributed by atoms with van der Waals surface area (Å²) in [6, 6.07) is 5.37. The summed E-state index contributed by atoms with van der Waals surface area (Å²) in [6.45, 7) is 7.70. The fourth-order valence-corrected chi connectivity index (χ4v) is 3.38. The number of hydrogen-bond donors (Lipinski definition) is 3. The molecule has 0 saturated heterocycles. The van der Waals surface area contributed by atoms with Crippen LogP contribution in [-0.2, 0) is 6.42 Å². The largest absolute Gasteiger partial charge is 0.411 e. The molecule has 3 rings (SSSR count). The van der Waals surface area contributed by atoms with E-state index in [1.54, 1.807) is 18.3 Å². The number of amides is 1. The fourth-order valence-electron chi connectivity index (χ4n) is 3.38. The Morgan fingerprint density at radius 1 is 1.13 bits per heavy atom. The molecule has 0 saturated carbocycles. The summed E-state index contributed by atoms with van der Waals surface area (Å²) in [5, 5.41) is 3.82. The number of aromatic amines is 2. The van der Waals surface area contributed by atoms with Gasteiger partial charge in [0.2, 0.25) is 0 Å². The van der Waals surface area contributed by atoms with E-state index in [1.165, 1.54) is 0 Å². The molecule has 0 aliphatic heterocycles. The quantitative estimate of drug-likeness (QED) is 0.562. The zero-order chi connectivity index (χ0) is 22.9. The lowest BCUT2D eigenvalue weighted by Crippen LogP contribution is -2.34. The minimum atomic E-state index is -1.22. The van der Waals surface area contributed by atoms with Crippen LogP contribution in [0.2, 0.25) is 0 Å². The van der Waals surface area contributed by atoms with Gasteiger partial charge in [-0.1, -0.05) is 13.8 Å². The van der Waals surface area contributed by atoms with Gasteiger partial charge in [-0.2, -0.15) is 4.68 Å². The van der Waals surface area contributed by atoms with Crippen LogP contribution in [0.1, 0.15) is 47.6 Å². The van der Waals surface area contributed by atoms with Crippen LogP contribution in [0.5, 0.6) is 5.88 Å². The Morgan fingerprint density at radius 3 is 2.35 bits per heavy atom. The average molecular weight is 425 g/mol. The summed E-state index contributed by atoms with van der Waals surface area (Å²) >= 11 is 0. The summed E-state index contributed by atoms with van der Waals surface area (Å²) in [7, 11) is 0. The van der Waals surface area contributed by atoms with E-state index < -0.39 is 23.2 Å². The van der Waals surface area contributed by atoms with E-state index in [0.29, 0.717) is 12.1 Å². The molecule has 31 heavy (non-hydrogen) atoms. The number of ether oxygens (including phenoxy) is 1. The predicted octanol–water partition coefficient (Wildman–Crippen LogP) is 1.40. The molecule has 0 bridgehead atoms. The number of carbonyl (C=O) groups excluding carboxylic acids is 1. The third kappa shape index (κ3) is 4.63. The maximum Gasteiger partial charge on any atom is 0.411 e. The molecule has 162 valence electrons. The first-order chi connectivity index (χ1) is 14.6. The number of carbonyl (C=O) groups is 1. The van der Waals surface area contributed by atoms with E-state index in [-0.39, 0.29) is 11.5 Å². The predicted molar refractivity (Wildman–Crippen MR) is 114 cm³/mol. The number of primary amides is 1. The summed E-state index contributed by atoms with van der Waals surface area (Å²) in [5.74, 6) is -0.524. The standard InChI is InChI=1S/C21H23N5O5/c1-10(2)15-7-13(9-23-17(15)27)8-16-11(3)5-14(6-12(16)4)26-21(30)24-18(28)19(25-26)31-20(22)29/h5-7,9-10H,8H2,1-4H3,(H2,22,29)(H,23,27)(H,24,28,30). The number of pyridine rings is 1. The Kier molecular flexibility index (Phi) is 5.91. The molecule has 3 aromatic rings. The van der Waals surface area contributed by atoms with Crippen LogP contribution >= 0.6 is 0 Å². The van der Waals surface area contributed by atoms with Crippen molar-refractivity contribution >= 4 is 6.09 Å². The van der Waals surface area contributed by atoms with Gasteiger partial charge in [0, 0.05) is 11.8 Å². The van der Waals surface area contributed by atoms with Gasteiger partial charge in [-0.3, -0.25) is 14.6 Å². The maximum absolute atomic E-state index is 12.2. The Hall–Kier alpha value is -3.95. The van der Waals surface area contributed by atoms with Gasteiger partial charge in [-0.05, 0) is 66.6 Å². The normalized spacial score (nSPS) is 11.0.